The number of ether oxygens (including phenoxy) is 1. The second kappa shape index (κ2) is 4.49. The molecule has 1 saturated heterocycles. The molecule has 5 heteroatoms. The van der Waals surface area contributed by atoms with Crippen LogP contribution in [-0.4, -0.2) is 42.1 Å². The Balaban J connectivity index is 2.11. The van der Waals surface area contributed by atoms with Gasteiger partial charge in [0, 0.05) is 18.5 Å². The minimum Gasteiger partial charge on any atom is -0.448 e. The molecule has 1 aromatic heterocycles. The number of amides is 1. The van der Waals surface area contributed by atoms with Crippen molar-refractivity contribution in [3.05, 3.63) is 17.8 Å². The van der Waals surface area contributed by atoms with Crippen molar-refractivity contribution in [2.45, 2.75) is 26.2 Å². The predicted molar refractivity (Wildman–Crippen MR) is 61.9 cm³/mol. The molecule has 0 aliphatic carbocycles. The number of carbonyl (C=O) groups is 1. The van der Waals surface area contributed by atoms with Gasteiger partial charge >= 0.3 is 0 Å². The molecule has 94 valence electrons. The molecule has 1 aromatic rings. The lowest BCUT2D eigenvalue weighted by atomic mass is 9.97. The summed E-state index contributed by atoms with van der Waals surface area (Å²) in [6.07, 6.45) is 1.44. The SMILES string of the molecule is CC(C)(C)c1nc(C(=O)N2CCOCC2)co1. The van der Waals surface area contributed by atoms with Crippen molar-refractivity contribution in [1.82, 2.24) is 9.88 Å². The van der Waals surface area contributed by atoms with Gasteiger partial charge in [-0.05, 0) is 0 Å². The van der Waals surface area contributed by atoms with Gasteiger partial charge in [-0.15, -0.1) is 0 Å². The monoisotopic (exact) mass is 238 g/mol. The van der Waals surface area contributed by atoms with Crippen LogP contribution in [0.25, 0.3) is 0 Å². The Morgan fingerprint density at radius 2 is 2.00 bits per heavy atom. The minimum atomic E-state index is -0.177. The maximum atomic E-state index is 12.1. The molecule has 0 radical (unpaired) electrons. The maximum Gasteiger partial charge on any atom is 0.275 e. The smallest absolute Gasteiger partial charge is 0.275 e. The van der Waals surface area contributed by atoms with E-state index in [-0.39, 0.29) is 11.3 Å². The fourth-order valence-electron chi connectivity index (χ4n) is 1.64. The van der Waals surface area contributed by atoms with E-state index in [9.17, 15) is 4.79 Å². The van der Waals surface area contributed by atoms with Crippen LogP contribution >= 0.6 is 0 Å². The van der Waals surface area contributed by atoms with Gasteiger partial charge in [-0.2, -0.15) is 0 Å². The van der Waals surface area contributed by atoms with E-state index in [2.05, 4.69) is 4.98 Å². The summed E-state index contributed by atoms with van der Waals surface area (Å²) >= 11 is 0. The lowest BCUT2D eigenvalue weighted by Gasteiger charge is -2.25. The molecule has 1 amide bonds. The Kier molecular flexibility index (Phi) is 3.19. The van der Waals surface area contributed by atoms with Crippen LogP contribution < -0.4 is 0 Å². The number of morpholine rings is 1. The molecule has 1 aliphatic rings. The summed E-state index contributed by atoms with van der Waals surface area (Å²) in [7, 11) is 0. The second-order valence-corrected chi connectivity index (χ2v) is 5.19. The van der Waals surface area contributed by atoms with Crippen LogP contribution in [-0.2, 0) is 10.2 Å². The number of hydrogen-bond donors (Lipinski definition) is 0. The molecule has 0 atom stereocenters. The van der Waals surface area contributed by atoms with Gasteiger partial charge in [0.2, 0.25) is 0 Å². The number of aromatic nitrogens is 1. The van der Waals surface area contributed by atoms with Crippen LogP contribution in [0, 0.1) is 0 Å². The van der Waals surface area contributed by atoms with Crippen molar-refractivity contribution >= 4 is 5.91 Å². The van der Waals surface area contributed by atoms with Gasteiger partial charge in [-0.25, -0.2) is 4.98 Å². The molecule has 0 N–H and O–H groups in total. The highest BCUT2D eigenvalue weighted by molar-refractivity contribution is 5.92. The number of oxazole rings is 1. The van der Waals surface area contributed by atoms with E-state index in [0.29, 0.717) is 37.9 Å². The van der Waals surface area contributed by atoms with E-state index in [4.69, 9.17) is 9.15 Å². The third-order valence-electron chi connectivity index (χ3n) is 2.66. The normalized spacial score (nSPS) is 17.2. The zero-order valence-electron chi connectivity index (χ0n) is 10.5. The molecule has 17 heavy (non-hydrogen) atoms. The first-order valence-corrected chi connectivity index (χ1v) is 5.81. The molecule has 0 aromatic carbocycles. The van der Waals surface area contributed by atoms with Crippen LogP contribution in [0.5, 0.6) is 0 Å². The first kappa shape index (κ1) is 12.1. The Morgan fingerprint density at radius 1 is 1.35 bits per heavy atom. The van der Waals surface area contributed by atoms with E-state index in [1.165, 1.54) is 6.26 Å². The second-order valence-electron chi connectivity index (χ2n) is 5.19. The number of hydrogen-bond acceptors (Lipinski definition) is 4. The highest BCUT2D eigenvalue weighted by atomic mass is 16.5. The molecule has 0 saturated carbocycles. The fourth-order valence-corrected chi connectivity index (χ4v) is 1.64. The van der Waals surface area contributed by atoms with Gasteiger partial charge in [0.25, 0.3) is 5.91 Å². The van der Waals surface area contributed by atoms with Crippen molar-refractivity contribution < 1.29 is 13.9 Å². The Morgan fingerprint density at radius 3 is 2.53 bits per heavy atom. The third kappa shape index (κ3) is 2.66. The van der Waals surface area contributed by atoms with E-state index >= 15 is 0 Å². The molecule has 0 unspecified atom stereocenters. The van der Waals surface area contributed by atoms with Crippen LogP contribution in [0.15, 0.2) is 10.7 Å². The average Bonchev–Trinajstić information content (AvgIpc) is 2.78. The zero-order chi connectivity index (χ0) is 12.5. The molecule has 1 fully saturated rings. The van der Waals surface area contributed by atoms with E-state index < -0.39 is 0 Å². The molecule has 0 bridgehead atoms. The number of carbonyl (C=O) groups excluding carboxylic acids is 1. The van der Waals surface area contributed by atoms with Gasteiger partial charge < -0.3 is 14.1 Å². The van der Waals surface area contributed by atoms with Gasteiger partial charge in [-0.1, -0.05) is 20.8 Å². The fraction of sp³-hybridized carbons (Fsp3) is 0.667. The number of nitrogens with zero attached hydrogens (tertiary/aromatic N) is 2. The molecule has 2 heterocycles. The summed E-state index contributed by atoms with van der Waals surface area (Å²) in [5.41, 5.74) is 0.209. The van der Waals surface area contributed by atoms with Gasteiger partial charge in [0.05, 0.1) is 13.2 Å². The first-order valence-electron chi connectivity index (χ1n) is 5.81. The standard InChI is InChI=1S/C12H18N2O3/c1-12(2,3)11-13-9(8-17-11)10(15)14-4-6-16-7-5-14/h8H,4-7H2,1-3H3. The van der Waals surface area contributed by atoms with Crippen molar-refractivity contribution in [3.63, 3.8) is 0 Å². The Labute approximate surface area is 101 Å². The Bertz CT molecular complexity index is 400. The van der Waals surface area contributed by atoms with Gasteiger partial charge in [-0.3, -0.25) is 4.79 Å². The van der Waals surface area contributed by atoms with Crippen molar-refractivity contribution in [2.75, 3.05) is 26.3 Å². The van der Waals surface area contributed by atoms with Crippen molar-refractivity contribution in [1.29, 1.82) is 0 Å². The summed E-state index contributed by atoms with van der Waals surface area (Å²) in [5, 5.41) is 0. The van der Waals surface area contributed by atoms with E-state index in [1.54, 1.807) is 4.90 Å². The molecule has 0 spiro atoms. The van der Waals surface area contributed by atoms with Crippen LogP contribution in [0.3, 0.4) is 0 Å². The largest absolute Gasteiger partial charge is 0.448 e. The van der Waals surface area contributed by atoms with Crippen molar-refractivity contribution in [2.24, 2.45) is 0 Å². The average molecular weight is 238 g/mol. The molecule has 5 nitrogen and oxygen atoms in total. The molecular formula is C12H18N2O3. The molecule has 2 rings (SSSR count). The van der Waals surface area contributed by atoms with Gasteiger partial charge in [0.15, 0.2) is 11.6 Å². The maximum absolute atomic E-state index is 12.1. The minimum absolute atomic E-state index is 0.0763. The van der Waals surface area contributed by atoms with Crippen LogP contribution in [0.1, 0.15) is 37.2 Å². The molecule has 1 aliphatic heterocycles. The van der Waals surface area contributed by atoms with E-state index in [0.717, 1.165) is 0 Å². The van der Waals surface area contributed by atoms with Crippen molar-refractivity contribution in [3.8, 4) is 0 Å². The summed E-state index contributed by atoms with van der Waals surface area (Å²) in [4.78, 5) is 18.1. The van der Waals surface area contributed by atoms with Gasteiger partial charge in [0.1, 0.15) is 6.26 Å². The highest BCUT2D eigenvalue weighted by Gasteiger charge is 2.25. The number of rotatable bonds is 1. The summed E-state index contributed by atoms with van der Waals surface area (Å²) < 4.78 is 10.6. The van der Waals surface area contributed by atoms with E-state index in [1.807, 2.05) is 20.8 Å². The summed E-state index contributed by atoms with van der Waals surface area (Å²) in [5.74, 6) is 0.515. The zero-order valence-corrected chi connectivity index (χ0v) is 10.5. The lowest BCUT2D eigenvalue weighted by Crippen LogP contribution is -2.40. The molecular weight excluding hydrogens is 220 g/mol. The topological polar surface area (TPSA) is 55.6 Å². The third-order valence-corrected chi connectivity index (χ3v) is 2.66. The highest BCUT2D eigenvalue weighted by Crippen LogP contribution is 2.21. The van der Waals surface area contributed by atoms with Crippen LogP contribution in [0.4, 0.5) is 0 Å². The quantitative estimate of drug-likeness (QED) is 0.743. The lowest BCUT2D eigenvalue weighted by molar-refractivity contribution is 0.0299. The first-order chi connectivity index (χ1) is 7.98. The summed E-state index contributed by atoms with van der Waals surface area (Å²) in [6, 6.07) is 0. The Hall–Kier alpha value is -1.36. The van der Waals surface area contributed by atoms with Crippen LogP contribution in [0.2, 0.25) is 0 Å². The summed E-state index contributed by atoms with van der Waals surface area (Å²) in [6.45, 7) is 8.43. The predicted octanol–water partition coefficient (Wildman–Crippen LogP) is 1.44.